The van der Waals surface area contributed by atoms with Gasteiger partial charge in [-0.2, -0.15) is 0 Å². The van der Waals surface area contributed by atoms with Gasteiger partial charge in [0.05, 0.1) is 11.2 Å². The Bertz CT molecular complexity index is 553. The van der Waals surface area contributed by atoms with Gasteiger partial charge in [0, 0.05) is 24.5 Å². The molecule has 5 heteroatoms. The molecule has 1 heterocycles. The number of aromatic nitrogens is 1. The third kappa shape index (κ3) is 3.83. The smallest absolute Gasteiger partial charge is 0.123 e. The van der Waals surface area contributed by atoms with Gasteiger partial charge in [-0.1, -0.05) is 6.07 Å². The second-order valence-corrected chi connectivity index (χ2v) is 5.64. The molecule has 0 fully saturated rings. The number of benzene rings is 1. The summed E-state index contributed by atoms with van der Waals surface area (Å²) in [4.78, 5) is 7.63. The third-order valence-electron chi connectivity index (χ3n) is 2.96. The van der Waals surface area contributed by atoms with Crippen LogP contribution in [0.5, 0.6) is 0 Å². The summed E-state index contributed by atoms with van der Waals surface area (Å²) in [7, 11) is 2.02. The second kappa shape index (κ2) is 6.23. The Balaban J connectivity index is 2.04. The molecule has 0 unspecified atom stereocenters. The number of aryl methyl sites for hydroxylation is 1. The number of thiazole rings is 1. The lowest BCUT2D eigenvalue weighted by molar-refractivity contribution is 0.320. The lowest BCUT2D eigenvalue weighted by atomic mass is 10.1. The maximum Gasteiger partial charge on any atom is 0.123 e. The van der Waals surface area contributed by atoms with E-state index in [0.29, 0.717) is 13.1 Å². The molecule has 0 saturated heterocycles. The van der Waals surface area contributed by atoms with E-state index in [1.165, 1.54) is 10.9 Å². The molecule has 2 aromatic rings. The van der Waals surface area contributed by atoms with Gasteiger partial charge in [0.25, 0.3) is 0 Å². The molecule has 0 aliphatic carbocycles. The molecule has 1 aromatic carbocycles. The minimum absolute atomic E-state index is 0.222. The first-order chi connectivity index (χ1) is 9.08. The van der Waals surface area contributed by atoms with Crippen LogP contribution < -0.4 is 5.73 Å². The average molecular weight is 279 g/mol. The summed E-state index contributed by atoms with van der Waals surface area (Å²) in [6.07, 6.45) is 0. The number of nitrogens with zero attached hydrogens (tertiary/aromatic N) is 2. The SMILES string of the molecule is Cc1ncsc1CN(C)Cc1cc(F)cc(CN)c1. The maximum absolute atomic E-state index is 13.4. The van der Waals surface area contributed by atoms with Crippen molar-refractivity contribution in [2.45, 2.75) is 26.6 Å². The van der Waals surface area contributed by atoms with Gasteiger partial charge in [0.2, 0.25) is 0 Å². The van der Waals surface area contributed by atoms with E-state index in [2.05, 4.69) is 9.88 Å². The molecule has 2 rings (SSSR count). The Labute approximate surface area is 116 Å². The second-order valence-electron chi connectivity index (χ2n) is 4.71. The minimum atomic E-state index is -0.222. The van der Waals surface area contributed by atoms with Gasteiger partial charge in [0.15, 0.2) is 0 Å². The standard InChI is InChI=1S/C14H18FN3S/c1-10-14(19-9-17-10)8-18(2)7-12-3-11(6-16)4-13(15)5-12/h3-5,9H,6-8,16H2,1-2H3. The van der Waals surface area contributed by atoms with Crippen LogP contribution in [0.3, 0.4) is 0 Å². The summed E-state index contributed by atoms with van der Waals surface area (Å²) in [6, 6.07) is 5.01. The highest BCUT2D eigenvalue weighted by Crippen LogP contribution is 2.16. The number of rotatable bonds is 5. The molecular weight excluding hydrogens is 261 g/mol. The van der Waals surface area contributed by atoms with Gasteiger partial charge in [0.1, 0.15) is 5.82 Å². The Hall–Kier alpha value is -1.30. The predicted molar refractivity (Wildman–Crippen MR) is 76.3 cm³/mol. The molecule has 0 atom stereocenters. The zero-order valence-electron chi connectivity index (χ0n) is 11.2. The predicted octanol–water partition coefficient (Wildman–Crippen LogP) is 2.68. The first kappa shape index (κ1) is 14.1. The van der Waals surface area contributed by atoms with Crippen LogP contribution in [0.25, 0.3) is 0 Å². The van der Waals surface area contributed by atoms with Gasteiger partial charge < -0.3 is 5.73 Å². The lowest BCUT2D eigenvalue weighted by Gasteiger charge is -2.16. The Morgan fingerprint density at radius 3 is 2.63 bits per heavy atom. The summed E-state index contributed by atoms with van der Waals surface area (Å²) < 4.78 is 13.4. The summed E-state index contributed by atoms with van der Waals surface area (Å²) in [5, 5.41) is 0. The van der Waals surface area contributed by atoms with Crippen LogP contribution in [-0.2, 0) is 19.6 Å². The van der Waals surface area contributed by atoms with Crippen LogP contribution >= 0.6 is 11.3 Å². The maximum atomic E-state index is 13.4. The van der Waals surface area contributed by atoms with E-state index in [9.17, 15) is 4.39 Å². The zero-order valence-corrected chi connectivity index (χ0v) is 12.0. The van der Waals surface area contributed by atoms with Crippen LogP contribution in [0.4, 0.5) is 4.39 Å². The largest absolute Gasteiger partial charge is 0.326 e. The molecule has 3 nitrogen and oxygen atoms in total. The molecule has 0 bridgehead atoms. The molecule has 0 amide bonds. The molecule has 19 heavy (non-hydrogen) atoms. The van der Waals surface area contributed by atoms with Crippen molar-refractivity contribution in [3.05, 3.63) is 51.2 Å². The fraction of sp³-hybridized carbons (Fsp3) is 0.357. The van der Waals surface area contributed by atoms with Gasteiger partial charge in [-0.05, 0) is 37.2 Å². The summed E-state index contributed by atoms with van der Waals surface area (Å²) in [5.74, 6) is -0.222. The molecule has 0 saturated carbocycles. The molecule has 0 radical (unpaired) electrons. The van der Waals surface area contributed by atoms with Crippen LogP contribution in [0, 0.1) is 12.7 Å². The molecule has 2 N–H and O–H groups in total. The van der Waals surface area contributed by atoms with Crippen molar-refractivity contribution in [1.29, 1.82) is 0 Å². The van der Waals surface area contributed by atoms with Crippen molar-refractivity contribution in [1.82, 2.24) is 9.88 Å². The van der Waals surface area contributed by atoms with Crippen LogP contribution in [0.15, 0.2) is 23.7 Å². The topological polar surface area (TPSA) is 42.2 Å². The summed E-state index contributed by atoms with van der Waals surface area (Å²) >= 11 is 1.65. The average Bonchev–Trinajstić information content (AvgIpc) is 2.74. The van der Waals surface area contributed by atoms with E-state index in [1.54, 1.807) is 17.4 Å². The fourth-order valence-corrected chi connectivity index (χ4v) is 2.87. The summed E-state index contributed by atoms with van der Waals surface area (Å²) in [6.45, 7) is 3.89. The van der Waals surface area contributed by atoms with E-state index in [-0.39, 0.29) is 5.82 Å². The van der Waals surface area contributed by atoms with Crippen molar-refractivity contribution >= 4 is 11.3 Å². The summed E-state index contributed by atoms with van der Waals surface area (Å²) in [5.41, 5.74) is 10.3. The van der Waals surface area contributed by atoms with Gasteiger partial charge in [-0.15, -0.1) is 11.3 Å². The first-order valence-corrected chi connectivity index (χ1v) is 7.02. The Morgan fingerprint density at radius 1 is 1.26 bits per heavy atom. The third-order valence-corrected chi connectivity index (χ3v) is 3.88. The van der Waals surface area contributed by atoms with Gasteiger partial charge in [-0.25, -0.2) is 9.37 Å². The van der Waals surface area contributed by atoms with Crippen LogP contribution in [-0.4, -0.2) is 16.9 Å². The highest BCUT2D eigenvalue weighted by molar-refractivity contribution is 7.09. The Kier molecular flexibility index (Phi) is 4.63. The number of hydrogen-bond donors (Lipinski definition) is 1. The first-order valence-electron chi connectivity index (χ1n) is 6.14. The molecule has 0 spiro atoms. The van der Waals surface area contributed by atoms with Crippen LogP contribution in [0.2, 0.25) is 0 Å². The van der Waals surface area contributed by atoms with E-state index in [0.717, 1.165) is 23.4 Å². The quantitative estimate of drug-likeness (QED) is 0.915. The highest BCUT2D eigenvalue weighted by atomic mass is 32.1. The van der Waals surface area contributed by atoms with Crippen molar-refractivity contribution < 1.29 is 4.39 Å². The minimum Gasteiger partial charge on any atom is -0.326 e. The van der Waals surface area contributed by atoms with E-state index in [4.69, 9.17) is 5.73 Å². The molecular formula is C14H18FN3S. The monoisotopic (exact) mass is 279 g/mol. The van der Waals surface area contributed by atoms with Crippen molar-refractivity contribution in [2.75, 3.05) is 7.05 Å². The highest BCUT2D eigenvalue weighted by Gasteiger charge is 2.07. The fourth-order valence-electron chi connectivity index (χ4n) is 2.02. The number of nitrogens with two attached hydrogens (primary N) is 1. The molecule has 1 aromatic heterocycles. The van der Waals surface area contributed by atoms with E-state index >= 15 is 0 Å². The molecule has 0 aliphatic rings. The van der Waals surface area contributed by atoms with E-state index < -0.39 is 0 Å². The Morgan fingerprint density at radius 2 is 2.00 bits per heavy atom. The van der Waals surface area contributed by atoms with E-state index in [1.807, 2.05) is 25.5 Å². The number of halogens is 1. The normalized spacial score (nSPS) is 11.2. The zero-order chi connectivity index (χ0) is 13.8. The van der Waals surface area contributed by atoms with Crippen molar-refractivity contribution in [2.24, 2.45) is 5.73 Å². The van der Waals surface area contributed by atoms with Crippen molar-refractivity contribution in [3.8, 4) is 0 Å². The molecule has 102 valence electrons. The van der Waals surface area contributed by atoms with Gasteiger partial charge in [-0.3, -0.25) is 4.90 Å². The lowest BCUT2D eigenvalue weighted by Crippen LogP contribution is -2.17. The van der Waals surface area contributed by atoms with Gasteiger partial charge >= 0.3 is 0 Å². The van der Waals surface area contributed by atoms with Crippen LogP contribution in [0.1, 0.15) is 21.7 Å². The van der Waals surface area contributed by atoms with Crippen molar-refractivity contribution in [3.63, 3.8) is 0 Å². The molecule has 0 aliphatic heterocycles. The number of hydrogen-bond acceptors (Lipinski definition) is 4.